The molecule has 92 valence electrons. The number of rotatable bonds is 3. The quantitative estimate of drug-likeness (QED) is 0.930. The number of benzene rings is 1. The van der Waals surface area contributed by atoms with Gasteiger partial charge in [0.1, 0.15) is 0 Å². The average Bonchev–Trinajstić information content (AvgIpc) is 2.77. The van der Waals surface area contributed by atoms with Gasteiger partial charge in [-0.3, -0.25) is 4.79 Å². The second-order valence-electron chi connectivity index (χ2n) is 4.02. The van der Waals surface area contributed by atoms with Crippen LogP contribution in [0.25, 0.3) is 0 Å². The minimum atomic E-state index is 0.00321. The summed E-state index contributed by atoms with van der Waals surface area (Å²) in [7, 11) is 0. The van der Waals surface area contributed by atoms with Crippen molar-refractivity contribution in [2.75, 3.05) is 13.2 Å². The molecule has 3 nitrogen and oxygen atoms in total. The molecule has 0 radical (unpaired) electrons. The van der Waals surface area contributed by atoms with Crippen molar-refractivity contribution in [1.29, 1.82) is 0 Å². The Morgan fingerprint density at radius 2 is 2.41 bits per heavy atom. The molecule has 0 spiro atoms. The minimum absolute atomic E-state index is 0.00321. The van der Waals surface area contributed by atoms with E-state index in [2.05, 4.69) is 21.2 Å². The number of nitrogens with one attached hydrogen (secondary N) is 1. The SMILES string of the molecule is O=C(Cc1cccc(Cl)c1Br)NC1CCOC1. The van der Waals surface area contributed by atoms with Crippen LogP contribution >= 0.6 is 27.5 Å². The Morgan fingerprint density at radius 1 is 1.59 bits per heavy atom. The van der Waals surface area contributed by atoms with E-state index in [1.54, 1.807) is 6.07 Å². The third-order valence-corrected chi connectivity index (χ3v) is 4.16. The Hall–Kier alpha value is -0.580. The summed E-state index contributed by atoms with van der Waals surface area (Å²) in [5.41, 5.74) is 0.897. The maximum absolute atomic E-state index is 11.8. The van der Waals surface area contributed by atoms with Crippen LogP contribution in [-0.4, -0.2) is 25.2 Å². The third kappa shape index (κ3) is 3.44. The molecule has 1 aromatic rings. The molecule has 1 saturated heterocycles. The van der Waals surface area contributed by atoms with Crippen LogP contribution in [-0.2, 0) is 16.0 Å². The van der Waals surface area contributed by atoms with Gasteiger partial charge in [-0.25, -0.2) is 0 Å². The Kier molecular flexibility index (Phi) is 4.42. The lowest BCUT2D eigenvalue weighted by atomic mass is 10.1. The number of hydrogen-bond acceptors (Lipinski definition) is 2. The van der Waals surface area contributed by atoms with E-state index in [9.17, 15) is 4.79 Å². The molecule has 2 rings (SSSR count). The molecule has 1 aliphatic heterocycles. The standard InChI is InChI=1S/C12H13BrClNO2/c13-12-8(2-1-3-10(12)14)6-11(16)15-9-4-5-17-7-9/h1-3,9H,4-7H2,(H,15,16). The van der Waals surface area contributed by atoms with E-state index in [1.165, 1.54) is 0 Å². The highest BCUT2D eigenvalue weighted by Crippen LogP contribution is 2.26. The third-order valence-electron chi connectivity index (χ3n) is 2.68. The van der Waals surface area contributed by atoms with Crippen LogP contribution in [0.4, 0.5) is 0 Å². The highest BCUT2D eigenvalue weighted by Gasteiger charge is 2.18. The van der Waals surface area contributed by atoms with Crippen molar-refractivity contribution in [3.63, 3.8) is 0 Å². The first-order valence-corrected chi connectivity index (χ1v) is 6.64. The van der Waals surface area contributed by atoms with Crippen LogP contribution in [0, 0.1) is 0 Å². The van der Waals surface area contributed by atoms with Crippen molar-refractivity contribution in [2.45, 2.75) is 18.9 Å². The van der Waals surface area contributed by atoms with Crippen molar-refractivity contribution in [1.82, 2.24) is 5.32 Å². The molecule has 1 N–H and O–H groups in total. The van der Waals surface area contributed by atoms with E-state index in [-0.39, 0.29) is 11.9 Å². The predicted molar refractivity (Wildman–Crippen MR) is 70.2 cm³/mol. The first-order chi connectivity index (χ1) is 8.16. The Morgan fingerprint density at radius 3 is 3.12 bits per heavy atom. The zero-order valence-electron chi connectivity index (χ0n) is 9.21. The fraction of sp³-hybridized carbons (Fsp3) is 0.417. The topological polar surface area (TPSA) is 38.3 Å². The summed E-state index contributed by atoms with van der Waals surface area (Å²) in [6.07, 6.45) is 1.22. The predicted octanol–water partition coefficient (Wildman–Crippen LogP) is 2.55. The van der Waals surface area contributed by atoms with Gasteiger partial charge in [-0.15, -0.1) is 0 Å². The maximum atomic E-state index is 11.8. The van der Waals surface area contributed by atoms with E-state index in [4.69, 9.17) is 16.3 Å². The second kappa shape index (κ2) is 5.85. The largest absolute Gasteiger partial charge is 0.379 e. The van der Waals surface area contributed by atoms with Crippen molar-refractivity contribution >= 4 is 33.4 Å². The number of hydrogen-bond donors (Lipinski definition) is 1. The zero-order valence-corrected chi connectivity index (χ0v) is 11.6. The summed E-state index contributed by atoms with van der Waals surface area (Å²) in [4.78, 5) is 11.8. The lowest BCUT2D eigenvalue weighted by molar-refractivity contribution is -0.121. The average molecular weight is 319 g/mol. The molecular formula is C12H13BrClNO2. The van der Waals surface area contributed by atoms with E-state index in [1.807, 2.05) is 12.1 Å². The second-order valence-corrected chi connectivity index (χ2v) is 5.22. The van der Waals surface area contributed by atoms with Crippen LogP contribution in [0.2, 0.25) is 5.02 Å². The molecule has 1 unspecified atom stereocenters. The van der Waals surface area contributed by atoms with Crippen LogP contribution < -0.4 is 5.32 Å². The number of amides is 1. The van der Waals surface area contributed by atoms with Crippen LogP contribution in [0.15, 0.2) is 22.7 Å². The van der Waals surface area contributed by atoms with Gasteiger partial charge in [0.15, 0.2) is 0 Å². The first-order valence-electron chi connectivity index (χ1n) is 5.47. The van der Waals surface area contributed by atoms with Gasteiger partial charge in [-0.05, 0) is 34.0 Å². The summed E-state index contributed by atoms with van der Waals surface area (Å²) in [5, 5.41) is 3.57. The highest BCUT2D eigenvalue weighted by molar-refractivity contribution is 9.10. The lowest BCUT2D eigenvalue weighted by Crippen LogP contribution is -2.36. The number of carbonyl (C=O) groups excluding carboxylic acids is 1. The van der Waals surface area contributed by atoms with Crippen LogP contribution in [0.5, 0.6) is 0 Å². The van der Waals surface area contributed by atoms with Crippen LogP contribution in [0.3, 0.4) is 0 Å². The van der Waals surface area contributed by atoms with Crippen molar-refractivity contribution in [3.05, 3.63) is 33.3 Å². The lowest BCUT2D eigenvalue weighted by Gasteiger charge is -2.11. The molecule has 1 atom stereocenters. The number of carbonyl (C=O) groups is 1. The highest BCUT2D eigenvalue weighted by atomic mass is 79.9. The van der Waals surface area contributed by atoms with E-state index < -0.39 is 0 Å². The zero-order chi connectivity index (χ0) is 12.3. The van der Waals surface area contributed by atoms with Gasteiger partial charge >= 0.3 is 0 Å². The van der Waals surface area contributed by atoms with Gasteiger partial charge in [-0.2, -0.15) is 0 Å². The summed E-state index contributed by atoms with van der Waals surface area (Å²) < 4.78 is 6.00. The molecule has 0 aliphatic carbocycles. The van der Waals surface area contributed by atoms with Gasteiger partial charge in [0.05, 0.1) is 24.1 Å². The monoisotopic (exact) mass is 317 g/mol. The molecule has 0 bridgehead atoms. The van der Waals surface area contributed by atoms with Crippen LogP contribution in [0.1, 0.15) is 12.0 Å². The minimum Gasteiger partial charge on any atom is -0.379 e. The summed E-state index contributed by atoms with van der Waals surface area (Å²) in [6.45, 7) is 1.34. The van der Waals surface area contributed by atoms with E-state index in [0.717, 1.165) is 23.1 Å². The van der Waals surface area contributed by atoms with Gasteiger partial charge in [-0.1, -0.05) is 23.7 Å². The molecule has 1 heterocycles. The smallest absolute Gasteiger partial charge is 0.224 e. The van der Waals surface area contributed by atoms with Crippen molar-refractivity contribution < 1.29 is 9.53 Å². The fourth-order valence-corrected chi connectivity index (χ4v) is 2.38. The summed E-state index contributed by atoms with van der Waals surface area (Å²) >= 11 is 9.35. The molecule has 0 aromatic heterocycles. The number of ether oxygens (including phenoxy) is 1. The summed E-state index contributed by atoms with van der Waals surface area (Å²) in [5.74, 6) is 0.00321. The van der Waals surface area contributed by atoms with E-state index >= 15 is 0 Å². The first kappa shape index (κ1) is 12.9. The molecule has 17 heavy (non-hydrogen) atoms. The molecule has 0 saturated carbocycles. The molecule has 1 aliphatic rings. The number of halogens is 2. The van der Waals surface area contributed by atoms with Crippen molar-refractivity contribution in [3.8, 4) is 0 Å². The Labute approximate surface area is 114 Å². The normalized spacial score (nSPS) is 19.3. The molecule has 1 amide bonds. The van der Waals surface area contributed by atoms with Gasteiger partial charge < -0.3 is 10.1 Å². The molecule has 5 heteroatoms. The fourth-order valence-electron chi connectivity index (χ4n) is 1.79. The van der Waals surface area contributed by atoms with Gasteiger partial charge in [0.25, 0.3) is 0 Å². The Bertz CT molecular complexity index is 419. The van der Waals surface area contributed by atoms with E-state index in [0.29, 0.717) is 18.1 Å². The molecule has 1 fully saturated rings. The van der Waals surface area contributed by atoms with Gasteiger partial charge in [0, 0.05) is 11.1 Å². The molecule has 1 aromatic carbocycles. The maximum Gasteiger partial charge on any atom is 0.224 e. The Balaban J connectivity index is 1.95. The van der Waals surface area contributed by atoms with Crippen molar-refractivity contribution in [2.24, 2.45) is 0 Å². The van der Waals surface area contributed by atoms with Gasteiger partial charge in [0.2, 0.25) is 5.91 Å². The molecular weight excluding hydrogens is 305 g/mol. The summed E-state index contributed by atoms with van der Waals surface area (Å²) in [6, 6.07) is 5.67.